The lowest BCUT2D eigenvalue weighted by Gasteiger charge is -2.11. The Kier molecular flexibility index (Phi) is 4.32. The van der Waals surface area contributed by atoms with Crippen LogP contribution in [-0.2, 0) is 33.6 Å². The molecule has 128 valence electrons. The summed E-state index contributed by atoms with van der Waals surface area (Å²) in [5.41, 5.74) is -1.03. The number of nitrogens with zero attached hydrogens (tertiary/aromatic N) is 5. The maximum absolute atomic E-state index is 12.3. The summed E-state index contributed by atoms with van der Waals surface area (Å²) in [6.07, 6.45) is 4.21. The number of fused-ring (bicyclic) bond motifs is 1. The second kappa shape index (κ2) is 6.42. The number of carbonyl (C=O) groups excluding carboxylic acids is 1. The van der Waals surface area contributed by atoms with E-state index in [4.69, 9.17) is 0 Å². The van der Waals surface area contributed by atoms with Crippen molar-refractivity contribution in [3.05, 3.63) is 44.2 Å². The van der Waals surface area contributed by atoms with E-state index in [2.05, 4.69) is 15.5 Å². The lowest BCUT2D eigenvalue weighted by Crippen LogP contribution is -2.41. The van der Waals surface area contributed by atoms with Gasteiger partial charge in [0.05, 0.1) is 6.54 Å². The van der Waals surface area contributed by atoms with Gasteiger partial charge in [0.25, 0.3) is 11.5 Å². The molecule has 1 N–H and O–H groups in total. The first-order chi connectivity index (χ1) is 11.5. The summed E-state index contributed by atoms with van der Waals surface area (Å²) in [6.45, 7) is 1.05. The molecule has 0 saturated heterocycles. The molecule has 9 heteroatoms. The van der Waals surface area contributed by atoms with Gasteiger partial charge in [-0.15, -0.1) is 10.2 Å². The molecule has 0 bridgehead atoms. The average Bonchev–Trinajstić information content (AvgIpc) is 2.80. The Balaban J connectivity index is 1.79. The molecule has 0 aliphatic carbocycles. The number of amides is 1. The standard InChI is InChI=1S/C15H20N6O3/c1-19-10(8-13(22)20(2)15(19)24)14(23)16-9-12-18-17-11-6-4-3-5-7-21(11)12/h8H,3-7,9H2,1-2H3,(H,16,23). The highest BCUT2D eigenvalue weighted by molar-refractivity contribution is 5.92. The molecule has 1 aliphatic rings. The summed E-state index contributed by atoms with van der Waals surface area (Å²) in [6, 6.07) is 1.15. The maximum atomic E-state index is 12.3. The smallest absolute Gasteiger partial charge is 0.331 e. The van der Waals surface area contributed by atoms with Crippen molar-refractivity contribution in [1.82, 2.24) is 29.2 Å². The van der Waals surface area contributed by atoms with E-state index in [1.165, 1.54) is 14.1 Å². The van der Waals surface area contributed by atoms with Crippen LogP contribution < -0.4 is 16.6 Å². The molecule has 0 unspecified atom stereocenters. The maximum Gasteiger partial charge on any atom is 0.331 e. The van der Waals surface area contributed by atoms with Crippen LogP contribution >= 0.6 is 0 Å². The first kappa shape index (κ1) is 16.2. The minimum absolute atomic E-state index is 0.0266. The van der Waals surface area contributed by atoms with E-state index in [1.807, 2.05) is 4.57 Å². The molecule has 0 saturated carbocycles. The molecule has 3 rings (SSSR count). The summed E-state index contributed by atoms with van der Waals surface area (Å²) in [5, 5.41) is 11.0. The fourth-order valence-corrected chi connectivity index (χ4v) is 2.88. The zero-order valence-electron chi connectivity index (χ0n) is 13.8. The number of hydrogen-bond acceptors (Lipinski definition) is 5. The molecule has 0 atom stereocenters. The van der Waals surface area contributed by atoms with Gasteiger partial charge in [-0.2, -0.15) is 0 Å². The predicted octanol–water partition coefficient (Wildman–Crippen LogP) is -0.668. The van der Waals surface area contributed by atoms with Crippen LogP contribution in [0.15, 0.2) is 15.7 Å². The summed E-state index contributed by atoms with van der Waals surface area (Å²) in [7, 11) is 2.83. The first-order valence-corrected chi connectivity index (χ1v) is 7.95. The van der Waals surface area contributed by atoms with Gasteiger partial charge in [0, 0.05) is 33.1 Å². The normalized spacial score (nSPS) is 14.1. The van der Waals surface area contributed by atoms with Gasteiger partial charge in [-0.05, 0) is 12.8 Å². The molecule has 0 radical (unpaired) electrons. The van der Waals surface area contributed by atoms with Gasteiger partial charge >= 0.3 is 5.69 Å². The molecule has 9 nitrogen and oxygen atoms in total. The molecule has 2 aromatic rings. The second-order valence-corrected chi connectivity index (χ2v) is 5.95. The highest BCUT2D eigenvalue weighted by Gasteiger charge is 2.17. The number of carbonyl (C=O) groups is 1. The minimum atomic E-state index is -0.538. The minimum Gasteiger partial charge on any atom is -0.343 e. The molecule has 0 spiro atoms. The van der Waals surface area contributed by atoms with E-state index in [1.54, 1.807) is 0 Å². The van der Waals surface area contributed by atoms with Crippen LogP contribution in [0.3, 0.4) is 0 Å². The van der Waals surface area contributed by atoms with E-state index in [0.717, 1.165) is 53.3 Å². The van der Waals surface area contributed by atoms with Crippen LogP contribution in [0, 0.1) is 0 Å². The van der Waals surface area contributed by atoms with Crippen LogP contribution in [0.5, 0.6) is 0 Å². The summed E-state index contributed by atoms with van der Waals surface area (Å²) in [4.78, 5) is 36.0. The summed E-state index contributed by atoms with van der Waals surface area (Å²) >= 11 is 0. The van der Waals surface area contributed by atoms with E-state index < -0.39 is 17.2 Å². The first-order valence-electron chi connectivity index (χ1n) is 7.95. The van der Waals surface area contributed by atoms with E-state index >= 15 is 0 Å². The molecular weight excluding hydrogens is 312 g/mol. The highest BCUT2D eigenvalue weighted by atomic mass is 16.2. The van der Waals surface area contributed by atoms with Gasteiger partial charge in [-0.25, -0.2) is 4.79 Å². The zero-order chi connectivity index (χ0) is 17.3. The third-order valence-corrected chi connectivity index (χ3v) is 4.35. The largest absolute Gasteiger partial charge is 0.343 e. The zero-order valence-corrected chi connectivity index (χ0v) is 13.8. The number of aryl methyl sites for hydroxylation is 1. The fraction of sp³-hybridized carbons (Fsp3) is 0.533. The van der Waals surface area contributed by atoms with Crippen molar-refractivity contribution in [3.8, 4) is 0 Å². The van der Waals surface area contributed by atoms with Crippen molar-refractivity contribution in [2.24, 2.45) is 14.1 Å². The molecule has 0 fully saturated rings. The van der Waals surface area contributed by atoms with Gasteiger partial charge in [0.1, 0.15) is 11.5 Å². The SMILES string of the molecule is Cn1c(C(=O)NCc2nnc3n2CCCCC3)cc(=O)n(C)c1=O. The van der Waals surface area contributed by atoms with E-state index in [0.29, 0.717) is 5.82 Å². The Labute approximate surface area is 137 Å². The number of rotatable bonds is 3. The quantitative estimate of drug-likeness (QED) is 0.803. The molecular formula is C15H20N6O3. The van der Waals surface area contributed by atoms with Gasteiger partial charge < -0.3 is 9.88 Å². The lowest BCUT2D eigenvalue weighted by atomic mass is 10.2. The Hall–Kier alpha value is -2.71. The van der Waals surface area contributed by atoms with Crippen molar-refractivity contribution in [1.29, 1.82) is 0 Å². The van der Waals surface area contributed by atoms with Crippen LogP contribution in [0.1, 0.15) is 41.4 Å². The van der Waals surface area contributed by atoms with Crippen LogP contribution in [0.4, 0.5) is 0 Å². The average molecular weight is 332 g/mol. The fourth-order valence-electron chi connectivity index (χ4n) is 2.88. The van der Waals surface area contributed by atoms with Crippen molar-refractivity contribution in [2.75, 3.05) is 0 Å². The van der Waals surface area contributed by atoms with Crippen molar-refractivity contribution >= 4 is 5.91 Å². The molecule has 1 aliphatic heterocycles. The van der Waals surface area contributed by atoms with Gasteiger partial charge in [-0.1, -0.05) is 6.42 Å². The van der Waals surface area contributed by atoms with Crippen LogP contribution in [-0.4, -0.2) is 29.8 Å². The summed E-state index contributed by atoms with van der Waals surface area (Å²) in [5.74, 6) is 1.14. The molecule has 24 heavy (non-hydrogen) atoms. The molecule has 3 heterocycles. The number of aromatic nitrogens is 5. The second-order valence-electron chi connectivity index (χ2n) is 5.95. The Morgan fingerprint density at radius 2 is 1.96 bits per heavy atom. The monoisotopic (exact) mass is 332 g/mol. The predicted molar refractivity (Wildman–Crippen MR) is 85.7 cm³/mol. The third kappa shape index (κ3) is 2.89. The Morgan fingerprint density at radius 3 is 2.75 bits per heavy atom. The number of nitrogens with one attached hydrogen (secondary N) is 1. The van der Waals surface area contributed by atoms with Crippen molar-refractivity contribution < 1.29 is 4.79 Å². The van der Waals surface area contributed by atoms with Gasteiger partial charge in [0.2, 0.25) is 0 Å². The molecule has 0 aromatic carbocycles. The van der Waals surface area contributed by atoms with E-state index in [9.17, 15) is 14.4 Å². The Bertz CT molecular complexity index is 892. The van der Waals surface area contributed by atoms with Crippen LogP contribution in [0.2, 0.25) is 0 Å². The third-order valence-electron chi connectivity index (χ3n) is 4.35. The highest BCUT2D eigenvalue weighted by Crippen LogP contribution is 2.14. The van der Waals surface area contributed by atoms with Gasteiger partial charge in [-0.3, -0.25) is 18.7 Å². The van der Waals surface area contributed by atoms with Crippen molar-refractivity contribution in [2.45, 2.75) is 38.8 Å². The van der Waals surface area contributed by atoms with Crippen LogP contribution in [0.25, 0.3) is 0 Å². The van der Waals surface area contributed by atoms with E-state index in [-0.39, 0.29) is 12.2 Å². The van der Waals surface area contributed by atoms with Crippen molar-refractivity contribution in [3.63, 3.8) is 0 Å². The van der Waals surface area contributed by atoms with Gasteiger partial charge in [0.15, 0.2) is 5.82 Å². The molecule has 2 aromatic heterocycles. The number of hydrogen-bond donors (Lipinski definition) is 1. The lowest BCUT2D eigenvalue weighted by molar-refractivity contribution is 0.0939. The topological polar surface area (TPSA) is 104 Å². The molecule has 1 amide bonds. The Morgan fingerprint density at radius 1 is 1.17 bits per heavy atom. The summed E-state index contributed by atoms with van der Waals surface area (Å²) < 4.78 is 4.15.